The molecule has 1 aromatic heterocycles. The number of carbonyl (C=O) groups is 2. The second kappa shape index (κ2) is 7.52. The fourth-order valence-electron chi connectivity index (χ4n) is 2.88. The van der Waals surface area contributed by atoms with Gasteiger partial charge in [-0.15, -0.1) is 11.3 Å². The summed E-state index contributed by atoms with van der Waals surface area (Å²) in [6, 6.07) is 4.89. The molecule has 8 heteroatoms. The van der Waals surface area contributed by atoms with E-state index in [4.69, 9.17) is 9.47 Å². The number of methoxy groups -OCH3 is 2. The van der Waals surface area contributed by atoms with Gasteiger partial charge in [0.1, 0.15) is 5.69 Å². The van der Waals surface area contributed by atoms with Gasteiger partial charge >= 0.3 is 0 Å². The molecule has 3 rings (SSSR count). The van der Waals surface area contributed by atoms with Crippen molar-refractivity contribution >= 4 is 23.2 Å². The lowest BCUT2D eigenvalue weighted by molar-refractivity contribution is -0.123. The summed E-state index contributed by atoms with van der Waals surface area (Å²) in [5, 5.41) is 7.63. The number of aromatic nitrogens is 1. The van der Waals surface area contributed by atoms with Crippen molar-refractivity contribution in [3.63, 3.8) is 0 Å². The van der Waals surface area contributed by atoms with Gasteiger partial charge in [0.15, 0.2) is 11.5 Å². The Morgan fingerprint density at radius 3 is 2.80 bits per heavy atom. The summed E-state index contributed by atoms with van der Waals surface area (Å²) in [7, 11) is 3.12. The third-order valence-corrected chi connectivity index (χ3v) is 4.74. The van der Waals surface area contributed by atoms with Crippen LogP contribution in [0.3, 0.4) is 0 Å². The monoisotopic (exact) mass is 361 g/mol. The smallest absolute Gasteiger partial charge is 0.271 e. The molecule has 1 fully saturated rings. The molecule has 2 aromatic rings. The fourth-order valence-corrected chi connectivity index (χ4v) is 3.42. The van der Waals surface area contributed by atoms with E-state index < -0.39 is 0 Å². The molecule has 0 spiro atoms. The molecule has 2 atom stereocenters. The van der Waals surface area contributed by atoms with Crippen molar-refractivity contribution in [1.82, 2.24) is 15.6 Å². The third-order valence-electron chi connectivity index (χ3n) is 4.15. The van der Waals surface area contributed by atoms with Crippen molar-refractivity contribution in [3.05, 3.63) is 40.3 Å². The third kappa shape index (κ3) is 3.74. The molecule has 2 heterocycles. The highest BCUT2D eigenvalue weighted by Crippen LogP contribution is 2.33. The molecule has 1 aliphatic rings. The highest BCUT2D eigenvalue weighted by molar-refractivity contribution is 7.07. The highest BCUT2D eigenvalue weighted by Gasteiger charge is 2.32. The predicted octanol–water partition coefficient (Wildman–Crippen LogP) is 1.91. The van der Waals surface area contributed by atoms with Crippen LogP contribution in [0.25, 0.3) is 0 Å². The van der Waals surface area contributed by atoms with Crippen LogP contribution in [0.1, 0.15) is 34.9 Å². The first-order valence-corrected chi connectivity index (χ1v) is 8.77. The van der Waals surface area contributed by atoms with E-state index in [1.165, 1.54) is 11.3 Å². The molecular weight excluding hydrogens is 342 g/mol. The van der Waals surface area contributed by atoms with Crippen LogP contribution in [0, 0.1) is 0 Å². The molecule has 25 heavy (non-hydrogen) atoms. The summed E-state index contributed by atoms with van der Waals surface area (Å²) < 4.78 is 10.6. The van der Waals surface area contributed by atoms with Crippen LogP contribution >= 0.6 is 11.3 Å². The quantitative estimate of drug-likeness (QED) is 0.849. The Morgan fingerprint density at radius 1 is 1.32 bits per heavy atom. The molecule has 7 nitrogen and oxygen atoms in total. The predicted molar refractivity (Wildman–Crippen MR) is 93.0 cm³/mol. The van der Waals surface area contributed by atoms with E-state index in [-0.39, 0.29) is 23.9 Å². The number of hydrogen-bond donors (Lipinski definition) is 2. The maximum atomic E-state index is 12.3. The van der Waals surface area contributed by atoms with Crippen molar-refractivity contribution in [1.29, 1.82) is 0 Å². The summed E-state index contributed by atoms with van der Waals surface area (Å²) in [6.07, 6.45) is 0.923. The number of benzene rings is 1. The maximum Gasteiger partial charge on any atom is 0.271 e. The van der Waals surface area contributed by atoms with Gasteiger partial charge in [0.2, 0.25) is 5.91 Å². The number of piperidine rings is 1. The van der Waals surface area contributed by atoms with Crippen LogP contribution in [0.4, 0.5) is 0 Å². The van der Waals surface area contributed by atoms with Crippen LogP contribution in [0.2, 0.25) is 0 Å². The number of carbonyl (C=O) groups excluding carboxylic acids is 2. The molecule has 0 saturated carbocycles. The van der Waals surface area contributed by atoms with Gasteiger partial charge in [-0.2, -0.15) is 0 Å². The minimum atomic E-state index is -0.344. The van der Waals surface area contributed by atoms with Gasteiger partial charge in [-0.3, -0.25) is 9.59 Å². The van der Waals surface area contributed by atoms with E-state index in [1.807, 2.05) is 12.1 Å². The Labute approximate surface area is 149 Å². The Balaban J connectivity index is 1.85. The van der Waals surface area contributed by atoms with Gasteiger partial charge in [0.05, 0.1) is 31.8 Å². The number of amides is 2. The molecule has 0 aliphatic carbocycles. The van der Waals surface area contributed by atoms with Gasteiger partial charge < -0.3 is 20.1 Å². The molecule has 1 aliphatic heterocycles. The second-order valence-corrected chi connectivity index (χ2v) is 6.37. The van der Waals surface area contributed by atoms with E-state index in [0.29, 0.717) is 30.0 Å². The fraction of sp³-hybridized carbons (Fsp3) is 0.353. The van der Waals surface area contributed by atoms with E-state index in [0.717, 1.165) is 5.56 Å². The van der Waals surface area contributed by atoms with E-state index in [1.54, 1.807) is 31.2 Å². The van der Waals surface area contributed by atoms with Crippen molar-refractivity contribution in [2.45, 2.75) is 24.9 Å². The zero-order valence-corrected chi connectivity index (χ0v) is 14.8. The lowest BCUT2D eigenvalue weighted by atomic mass is 9.91. The van der Waals surface area contributed by atoms with Crippen LogP contribution in [-0.4, -0.2) is 37.1 Å². The first kappa shape index (κ1) is 17.2. The number of hydrogen-bond acceptors (Lipinski definition) is 6. The molecule has 1 aromatic carbocycles. The van der Waals surface area contributed by atoms with Crippen LogP contribution < -0.4 is 20.1 Å². The van der Waals surface area contributed by atoms with Gasteiger partial charge in [0.25, 0.3) is 5.91 Å². The number of thiazole rings is 1. The van der Waals surface area contributed by atoms with E-state index >= 15 is 0 Å². The number of nitrogens with one attached hydrogen (secondary N) is 2. The zero-order valence-electron chi connectivity index (χ0n) is 13.9. The SMILES string of the molecule is COc1ccc(C2NC(=O)CCC2NC(=O)c2cscn2)cc1OC. The van der Waals surface area contributed by atoms with Crippen molar-refractivity contribution in [3.8, 4) is 11.5 Å². The molecule has 2 amide bonds. The molecule has 132 valence electrons. The van der Waals surface area contributed by atoms with Gasteiger partial charge in [0, 0.05) is 11.8 Å². The molecule has 2 N–H and O–H groups in total. The van der Waals surface area contributed by atoms with Crippen LogP contribution in [0.15, 0.2) is 29.1 Å². The number of ether oxygens (including phenoxy) is 2. The Hall–Kier alpha value is -2.61. The Bertz CT molecular complexity index is 763. The standard InChI is InChI=1S/C17H19N3O4S/c1-23-13-5-3-10(7-14(13)24-2)16-11(4-6-15(21)20-16)19-17(22)12-8-25-9-18-12/h3,5,7-9,11,16H,4,6H2,1-2H3,(H,19,22)(H,20,21). The molecule has 1 saturated heterocycles. The summed E-state index contributed by atoms with van der Waals surface area (Å²) in [5.41, 5.74) is 2.84. The second-order valence-electron chi connectivity index (χ2n) is 5.65. The topological polar surface area (TPSA) is 89.6 Å². The summed E-state index contributed by atoms with van der Waals surface area (Å²) >= 11 is 1.36. The lowest BCUT2D eigenvalue weighted by Gasteiger charge is -2.33. The van der Waals surface area contributed by atoms with Crippen molar-refractivity contribution in [2.75, 3.05) is 14.2 Å². The average molecular weight is 361 g/mol. The first-order valence-electron chi connectivity index (χ1n) is 7.82. The zero-order chi connectivity index (χ0) is 17.8. The van der Waals surface area contributed by atoms with Crippen molar-refractivity contribution in [2.24, 2.45) is 0 Å². The lowest BCUT2D eigenvalue weighted by Crippen LogP contribution is -2.50. The summed E-state index contributed by atoms with van der Waals surface area (Å²) in [6.45, 7) is 0. The summed E-state index contributed by atoms with van der Waals surface area (Å²) in [4.78, 5) is 28.3. The minimum Gasteiger partial charge on any atom is -0.493 e. The minimum absolute atomic E-state index is 0.0426. The number of rotatable bonds is 5. The van der Waals surface area contributed by atoms with E-state index in [2.05, 4.69) is 15.6 Å². The molecule has 2 unspecified atom stereocenters. The van der Waals surface area contributed by atoms with Gasteiger partial charge in [-0.25, -0.2) is 4.98 Å². The van der Waals surface area contributed by atoms with E-state index in [9.17, 15) is 9.59 Å². The van der Waals surface area contributed by atoms with Gasteiger partial charge in [-0.05, 0) is 24.1 Å². The van der Waals surface area contributed by atoms with Crippen molar-refractivity contribution < 1.29 is 19.1 Å². The van der Waals surface area contributed by atoms with Crippen LogP contribution in [-0.2, 0) is 4.79 Å². The normalized spacial score (nSPS) is 19.8. The highest BCUT2D eigenvalue weighted by atomic mass is 32.1. The molecule has 0 bridgehead atoms. The molecular formula is C17H19N3O4S. The first-order chi connectivity index (χ1) is 12.1. The van der Waals surface area contributed by atoms with Gasteiger partial charge in [-0.1, -0.05) is 6.07 Å². The van der Waals surface area contributed by atoms with Crippen LogP contribution in [0.5, 0.6) is 11.5 Å². The largest absolute Gasteiger partial charge is 0.493 e. The Kier molecular flexibility index (Phi) is 5.18. The summed E-state index contributed by atoms with van der Waals surface area (Å²) in [5.74, 6) is 0.896. The Morgan fingerprint density at radius 2 is 2.12 bits per heavy atom. The molecule has 0 radical (unpaired) electrons. The maximum absolute atomic E-state index is 12.3. The average Bonchev–Trinajstić information content (AvgIpc) is 3.17. The number of nitrogens with zero attached hydrogens (tertiary/aromatic N) is 1.